The maximum Gasteiger partial charge on any atom is 0.246 e. The minimum Gasteiger partial charge on any atom is -0.281 e. The quantitative estimate of drug-likeness (QED) is 0.858. The van der Waals surface area contributed by atoms with Crippen molar-refractivity contribution in [3.8, 4) is 0 Å². The Morgan fingerprint density at radius 3 is 2.65 bits per heavy atom. The van der Waals surface area contributed by atoms with Crippen LogP contribution in [0.1, 0.15) is 18.5 Å². The molecule has 0 aliphatic carbocycles. The van der Waals surface area contributed by atoms with Gasteiger partial charge in [-0.05, 0) is 25.7 Å². The van der Waals surface area contributed by atoms with Crippen LogP contribution in [0.3, 0.4) is 0 Å². The van der Waals surface area contributed by atoms with Gasteiger partial charge in [0.1, 0.15) is 4.90 Å². The fraction of sp³-hybridized carbons (Fsp3) is 0.700. The average Bonchev–Trinajstić information content (AvgIpc) is 2.76. The highest BCUT2D eigenvalue weighted by atomic mass is 79.9. The van der Waals surface area contributed by atoms with Crippen LogP contribution in [0.2, 0.25) is 0 Å². The molecule has 5 nitrogen and oxygen atoms in total. The fourth-order valence-corrected chi connectivity index (χ4v) is 4.28. The maximum absolute atomic E-state index is 12.3. The Morgan fingerprint density at radius 2 is 2.18 bits per heavy atom. The molecule has 1 aromatic rings. The Hall–Kier alpha value is -0.400. The maximum atomic E-state index is 12.3. The number of sulfonamides is 1. The van der Waals surface area contributed by atoms with Gasteiger partial charge in [0.25, 0.3) is 0 Å². The summed E-state index contributed by atoms with van der Waals surface area (Å²) in [6, 6.07) is 0. The summed E-state index contributed by atoms with van der Waals surface area (Å²) in [5.74, 6) is 0.590. The molecule has 0 aromatic carbocycles. The number of nitrogens with zero attached hydrogens (tertiary/aromatic N) is 2. The first-order valence-corrected chi connectivity index (χ1v) is 8.18. The normalized spacial score (nSPS) is 19.6. The van der Waals surface area contributed by atoms with Crippen molar-refractivity contribution in [2.24, 2.45) is 5.92 Å². The van der Waals surface area contributed by atoms with Crippen LogP contribution < -0.4 is 0 Å². The molecular weight excluding hydrogens is 306 g/mol. The van der Waals surface area contributed by atoms with E-state index in [1.165, 1.54) is 6.20 Å². The minimum atomic E-state index is -3.36. The number of nitrogens with one attached hydrogen (secondary N) is 1. The highest BCUT2D eigenvalue weighted by Crippen LogP contribution is 2.25. The molecule has 0 saturated carbocycles. The standard InChI is InChI=1S/C10H16BrN3O2S/c1-8-10(7-12-13-8)17(15,16)14-4-2-9(6-11)3-5-14/h7,9H,2-6H2,1H3,(H,12,13). The zero-order chi connectivity index (χ0) is 12.5. The second-order valence-corrected chi connectivity index (χ2v) is 6.91. The monoisotopic (exact) mass is 321 g/mol. The van der Waals surface area contributed by atoms with Gasteiger partial charge >= 0.3 is 0 Å². The predicted molar refractivity (Wildman–Crippen MR) is 68.6 cm³/mol. The van der Waals surface area contributed by atoms with E-state index in [-0.39, 0.29) is 0 Å². The van der Waals surface area contributed by atoms with Gasteiger partial charge in [-0.25, -0.2) is 8.42 Å². The summed E-state index contributed by atoms with van der Waals surface area (Å²) in [5.41, 5.74) is 0.604. The van der Waals surface area contributed by atoms with E-state index in [1.54, 1.807) is 11.2 Å². The molecule has 2 heterocycles. The number of aryl methyl sites for hydroxylation is 1. The van der Waals surface area contributed by atoms with E-state index in [2.05, 4.69) is 26.1 Å². The molecule has 7 heteroatoms. The van der Waals surface area contributed by atoms with Gasteiger partial charge in [-0.1, -0.05) is 15.9 Å². The number of H-pyrrole nitrogens is 1. The van der Waals surface area contributed by atoms with Crippen molar-refractivity contribution < 1.29 is 8.42 Å². The molecule has 1 aromatic heterocycles. The molecule has 1 aliphatic heterocycles. The molecule has 0 spiro atoms. The summed E-state index contributed by atoms with van der Waals surface area (Å²) >= 11 is 3.45. The van der Waals surface area contributed by atoms with Crippen molar-refractivity contribution in [3.63, 3.8) is 0 Å². The SMILES string of the molecule is Cc1[nH]ncc1S(=O)(=O)N1CCC(CBr)CC1. The lowest BCUT2D eigenvalue weighted by molar-refractivity contribution is 0.292. The van der Waals surface area contributed by atoms with Crippen LogP contribution >= 0.6 is 15.9 Å². The van der Waals surface area contributed by atoms with Crippen molar-refractivity contribution in [2.45, 2.75) is 24.7 Å². The van der Waals surface area contributed by atoms with Crippen molar-refractivity contribution in [2.75, 3.05) is 18.4 Å². The van der Waals surface area contributed by atoms with E-state index in [0.717, 1.165) is 18.2 Å². The summed E-state index contributed by atoms with van der Waals surface area (Å²) < 4.78 is 26.2. The Bertz CT molecular complexity index is 477. The zero-order valence-corrected chi connectivity index (χ0v) is 12.1. The van der Waals surface area contributed by atoms with E-state index in [0.29, 0.717) is 29.6 Å². The molecule has 1 fully saturated rings. The van der Waals surface area contributed by atoms with Gasteiger partial charge in [0.15, 0.2) is 0 Å². The first kappa shape index (κ1) is 13.0. The van der Waals surface area contributed by atoms with Gasteiger partial charge in [-0.15, -0.1) is 0 Å². The van der Waals surface area contributed by atoms with Crippen LogP contribution in [0.15, 0.2) is 11.1 Å². The first-order chi connectivity index (χ1) is 8.05. The van der Waals surface area contributed by atoms with Crippen LogP contribution in [0.5, 0.6) is 0 Å². The van der Waals surface area contributed by atoms with Crippen LogP contribution in [0, 0.1) is 12.8 Å². The summed E-state index contributed by atoms with van der Waals surface area (Å²) in [7, 11) is -3.36. The number of alkyl halides is 1. The Labute approximate surface area is 110 Å². The number of hydrogen-bond donors (Lipinski definition) is 1. The van der Waals surface area contributed by atoms with Crippen molar-refractivity contribution in [1.29, 1.82) is 0 Å². The number of aromatic nitrogens is 2. The predicted octanol–water partition coefficient (Wildman–Crippen LogP) is 1.51. The number of rotatable bonds is 3. The van der Waals surface area contributed by atoms with Crippen molar-refractivity contribution in [3.05, 3.63) is 11.9 Å². The molecule has 96 valence electrons. The van der Waals surface area contributed by atoms with Crippen LogP contribution in [0.25, 0.3) is 0 Å². The molecule has 1 N–H and O–H groups in total. The third-order valence-electron chi connectivity index (χ3n) is 3.19. The molecule has 0 unspecified atom stereocenters. The van der Waals surface area contributed by atoms with Crippen LogP contribution in [-0.2, 0) is 10.0 Å². The number of hydrogen-bond acceptors (Lipinski definition) is 3. The number of piperidine rings is 1. The van der Waals surface area contributed by atoms with Gasteiger partial charge in [0.2, 0.25) is 10.0 Å². The molecule has 1 aliphatic rings. The molecule has 0 bridgehead atoms. The molecule has 17 heavy (non-hydrogen) atoms. The Kier molecular flexibility index (Phi) is 3.89. The summed E-state index contributed by atoms with van der Waals surface area (Å²) in [4.78, 5) is 0.301. The molecule has 2 rings (SSSR count). The third-order valence-corrected chi connectivity index (χ3v) is 6.12. The number of halogens is 1. The third kappa shape index (κ3) is 2.56. The highest BCUT2D eigenvalue weighted by molar-refractivity contribution is 9.09. The van der Waals surface area contributed by atoms with Gasteiger partial charge in [-0.2, -0.15) is 9.40 Å². The van der Waals surface area contributed by atoms with E-state index in [1.807, 2.05) is 0 Å². The Balaban J connectivity index is 2.16. The van der Waals surface area contributed by atoms with Gasteiger partial charge < -0.3 is 0 Å². The lowest BCUT2D eigenvalue weighted by Crippen LogP contribution is -2.38. The topological polar surface area (TPSA) is 66.1 Å². The van der Waals surface area contributed by atoms with E-state index < -0.39 is 10.0 Å². The highest BCUT2D eigenvalue weighted by Gasteiger charge is 2.30. The fourth-order valence-electron chi connectivity index (χ4n) is 2.04. The second-order valence-electron chi connectivity index (χ2n) is 4.36. The van der Waals surface area contributed by atoms with Crippen LogP contribution in [-0.4, -0.2) is 41.3 Å². The molecular formula is C10H16BrN3O2S. The Morgan fingerprint density at radius 1 is 1.53 bits per heavy atom. The first-order valence-electron chi connectivity index (χ1n) is 5.61. The molecule has 0 atom stereocenters. The largest absolute Gasteiger partial charge is 0.281 e. The summed E-state index contributed by atoms with van der Waals surface area (Å²) in [5, 5.41) is 7.40. The van der Waals surface area contributed by atoms with Crippen molar-refractivity contribution in [1.82, 2.24) is 14.5 Å². The molecule has 1 saturated heterocycles. The summed E-state index contributed by atoms with van der Waals surface area (Å²) in [6.45, 7) is 2.93. The lowest BCUT2D eigenvalue weighted by Gasteiger charge is -2.30. The van der Waals surface area contributed by atoms with Gasteiger partial charge in [-0.3, -0.25) is 5.10 Å². The van der Waals surface area contributed by atoms with E-state index in [4.69, 9.17) is 0 Å². The minimum absolute atomic E-state index is 0.301. The van der Waals surface area contributed by atoms with E-state index in [9.17, 15) is 8.42 Å². The van der Waals surface area contributed by atoms with Gasteiger partial charge in [0, 0.05) is 18.4 Å². The van der Waals surface area contributed by atoms with E-state index >= 15 is 0 Å². The lowest BCUT2D eigenvalue weighted by atomic mass is 10.0. The van der Waals surface area contributed by atoms with Gasteiger partial charge in [0.05, 0.1) is 11.9 Å². The number of aromatic amines is 1. The van der Waals surface area contributed by atoms with Crippen molar-refractivity contribution >= 4 is 26.0 Å². The zero-order valence-electron chi connectivity index (χ0n) is 9.69. The smallest absolute Gasteiger partial charge is 0.246 e. The van der Waals surface area contributed by atoms with Crippen LogP contribution in [0.4, 0.5) is 0 Å². The molecule has 0 amide bonds. The second kappa shape index (κ2) is 5.07. The molecule has 0 radical (unpaired) electrons. The average molecular weight is 322 g/mol. The summed E-state index contributed by atoms with van der Waals surface area (Å²) in [6.07, 6.45) is 3.23.